The maximum absolute atomic E-state index is 14.3. The number of piperidine rings is 1. The first-order chi connectivity index (χ1) is 17.0. The van der Waals surface area contributed by atoms with E-state index in [9.17, 15) is 18.0 Å². The van der Waals surface area contributed by atoms with E-state index in [2.05, 4.69) is 0 Å². The third kappa shape index (κ3) is 4.92. The SMILES string of the molecule is Cc1ccc(S(=O)(=O)N2CC[C@@H]3CC=CC(O[Si](C)(C)C)[C@]3(C(=O)OCc3ccccc3)C2=O)cc1. The Balaban J connectivity index is 1.77. The van der Waals surface area contributed by atoms with Crippen molar-refractivity contribution in [1.82, 2.24) is 4.31 Å². The minimum absolute atomic E-state index is 0.000924. The summed E-state index contributed by atoms with van der Waals surface area (Å²) in [5.41, 5.74) is -0.0963. The maximum Gasteiger partial charge on any atom is 0.325 e. The molecule has 7 nitrogen and oxygen atoms in total. The lowest BCUT2D eigenvalue weighted by Gasteiger charge is -2.50. The van der Waals surface area contributed by atoms with Crippen LogP contribution in [0.1, 0.15) is 24.0 Å². The molecular formula is C27H33NO6SSi. The van der Waals surface area contributed by atoms with Crippen LogP contribution in [0.5, 0.6) is 0 Å². The zero-order valence-electron chi connectivity index (χ0n) is 21.1. The molecule has 0 aromatic heterocycles. The monoisotopic (exact) mass is 527 g/mol. The first kappa shape index (κ1) is 26.3. The Morgan fingerprint density at radius 1 is 1.08 bits per heavy atom. The molecule has 0 spiro atoms. The van der Waals surface area contributed by atoms with Gasteiger partial charge in [-0.15, -0.1) is 0 Å². The van der Waals surface area contributed by atoms with Crippen molar-refractivity contribution in [2.24, 2.45) is 11.3 Å². The number of ether oxygens (including phenoxy) is 1. The van der Waals surface area contributed by atoms with Gasteiger partial charge in [0, 0.05) is 6.54 Å². The molecule has 0 saturated carbocycles. The van der Waals surface area contributed by atoms with Gasteiger partial charge in [-0.25, -0.2) is 12.7 Å². The molecule has 1 aliphatic heterocycles. The van der Waals surface area contributed by atoms with E-state index >= 15 is 0 Å². The second-order valence-corrected chi connectivity index (χ2v) is 16.7. The molecule has 0 bridgehead atoms. The van der Waals surface area contributed by atoms with Gasteiger partial charge in [0.15, 0.2) is 13.7 Å². The number of hydrogen-bond acceptors (Lipinski definition) is 6. The summed E-state index contributed by atoms with van der Waals surface area (Å²) >= 11 is 0. The van der Waals surface area contributed by atoms with E-state index < -0.39 is 47.7 Å². The quantitative estimate of drug-likeness (QED) is 0.229. The van der Waals surface area contributed by atoms with Gasteiger partial charge in [-0.3, -0.25) is 9.59 Å². The molecule has 3 atom stereocenters. The number of fused-ring (bicyclic) bond motifs is 1. The highest BCUT2D eigenvalue weighted by molar-refractivity contribution is 7.89. The maximum atomic E-state index is 14.3. The zero-order valence-corrected chi connectivity index (χ0v) is 23.0. The number of aryl methyl sites for hydroxylation is 1. The van der Waals surface area contributed by atoms with E-state index in [4.69, 9.17) is 9.16 Å². The van der Waals surface area contributed by atoms with Crippen molar-refractivity contribution >= 4 is 30.2 Å². The fourth-order valence-electron chi connectivity index (χ4n) is 4.95. The van der Waals surface area contributed by atoms with Gasteiger partial charge in [0.1, 0.15) is 6.61 Å². The van der Waals surface area contributed by atoms with Crippen LogP contribution in [0.3, 0.4) is 0 Å². The predicted octanol–water partition coefficient (Wildman–Crippen LogP) is 4.44. The second kappa shape index (κ2) is 9.95. The Morgan fingerprint density at radius 2 is 1.75 bits per heavy atom. The smallest absolute Gasteiger partial charge is 0.325 e. The molecule has 2 aromatic carbocycles. The molecule has 0 N–H and O–H groups in total. The summed E-state index contributed by atoms with van der Waals surface area (Å²) in [6.45, 7) is 7.76. The summed E-state index contributed by atoms with van der Waals surface area (Å²) in [5, 5.41) is 0. The van der Waals surface area contributed by atoms with Crippen LogP contribution in [-0.4, -0.2) is 45.6 Å². The topological polar surface area (TPSA) is 90.0 Å². The van der Waals surface area contributed by atoms with Gasteiger partial charge in [-0.05, 0) is 63.0 Å². The lowest BCUT2D eigenvalue weighted by molar-refractivity contribution is -0.180. The molecule has 1 unspecified atom stereocenters. The number of carbonyl (C=O) groups is 2. The van der Waals surface area contributed by atoms with Crippen LogP contribution in [0.4, 0.5) is 0 Å². The Labute approximate surface area is 214 Å². The number of hydrogen-bond donors (Lipinski definition) is 0. The number of benzene rings is 2. The molecule has 4 rings (SSSR count). The molecule has 1 fully saturated rings. The van der Waals surface area contributed by atoms with E-state index in [-0.39, 0.29) is 18.0 Å². The van der Waals surface area contributed by atoms with Crippen LogP contribution < -0.4 is 0 Å². The lowest BCUT2D eigenvalue weighted by atomic mass is 9.63. The van der Waals surface area contributed by atoms with Gasteiger partial charge in [0.25, 0.3) is 15.9 Å². The van der Waals surface area contributed by atoms with Gasteiger partial charge < -0.3 is 9.16 Å². The summed E-state index contributed by atoms with van der Waals surface area (Å²) < 4.78 is 40.2. The predicted molar refractivity (Wildman–Crippen MR) is 139 cm³/mol. The molecule has 2 aromatic rings. The molecule has 1 saturated heterocycles. The number of esters is 1. The Bertz CT molecular complexity index is 1250. The summed E-state index contributed by atoms with van der Waals surface area (Å²) in [4.78, 5) is 28.2. The van der Waals surface area contributed by atoms with Crippen LogP contribution in [0, 0.1) is 18.3 Å². The number of rotatable bonds is 7. The summed E-state index contributed by atoms with van der Waals surface area (Å²) in [5.74, 6) is -1.94. The highest BCUT2D eigenvalue weighted by Crippen LogP contribution is 2.49. The van der Waals surface area contributed by atoms with Crippen LogP contribution in [0.2, 0.25) is 19.6 Å². The molecule has 2 aliphatic rings. The first-order valence-corrected chi connectivity index (χ1v) is 17.0. The molecule has 0 radical (unpaired) electrons. The number of carbonyl (C=O) groups excluding carboxylic acids is 2. The Kier molecular flexibility index (Phi) is 7.27. The van der Waals surface area contributed by atoms with Crippen LogP contribution in [0.25, 0.3) is 0 Å². The highest BCUT2D eigenvalue weighted by Gasteiger charge is 2.64. The standard InChI is InChI=1S/C27H33NO6SSi/c1-20-13-15-23(16-14-20)35(31,32)28-18-17-22-11-8-12-24(34-36(2,3)4)27(22,25(28)29)26(30)33-19-21-9-6-5-7-10-21/h5-10,12-16,22,24H,11,17-19H2,1-4H3/t22-,24?,27-/m0/s1. The van der Waals surface area contributed by atoms with Gasteiger partial charge in [-0.2, -0.15) is 0 Å². The average molecular weight is 528 g/mol. The van der Waals surface area contributed by atoms with Gasteiger partial charge in [0.05, 0.1) is 11.0 Å². The third-order valence-electron chi connectivity index (χ3n) is 6.73. The van der Waals surface area contributed by atoms with E-state index in [1.165, 1.54) is 12.1 Å². The molecule has 9 heteroatoms. The highest BCUT2D eigenvalue weighted by atomic mass is 32.2. The van der Waals surface area contributed by atoms with Gasteiger partial charge >= 0.3 is 5.97 Å². The van der Waals surface area contributed by atoms with Gasteiger partial charge in [-0.1, -0.05) is 60.2 Å². The van der Waals surface area contributed by atoms with Crippen molar-refractivity contribution in [3.05, 3.63) is 77.9 Å². The minimum atomic E-state index is -4.18. The molecular weight excluding hydrogens is 494 g/mol. The van der Waals surface area contributed by atoms with Crippen LogP contribution in [0.15, 0.2) is 71.6 Å². The van der Waals surface area contributed by atoms with Crippen LogP contribution in [-0.2, 0) is 35.4 Å². The lowest BCUT2D eigenvalue weighted by Crippen LogP contribution is -2.66. The molecule has 192 valence electrons. The number of amides is 1. The van der Waals surface area contributed by atoms with Crippen molar-refractivity contribution in [3.8, 4) is 0 Å². The average Bonchev–Trinajstić information content (AvgIpc) is 2.82. The molecule has 1 aliphatic carbocycles. The summed E-state index contributed by atoms with van der Waals surface area (Å²) in [7, 11) is -6.42. The van der Waals surface area contributed by atoms with Gasteiger partial charge in [0.2, 0.25) is 0 Å². The molecule has 1 heterocycles. The normalized spacial score (nSPS) is 24.3. The van der Waals surface area contributed by atoms with E-state index in [0.29, 0.717) is 12.8 Å². The fraction of sp³-hybridized carbons (Fsp3) is 0.407. The second-order valence-electron chi connectivity index (χ2n) is 10.4. The van der Waals surface area contributed by atoms with E-state index in [1.807, 2.05) is 63.0 Å². The Hall–Kier alpha value is -2.75. The Morgan fingerprint density at radius 3 is 2.39 bits per heavy atom. The molecule has 36 heavy (non-hydrogen) atoms. The fourth-order valence-corrected chi connectivity index (χ4v) is 7.43. The third-order valence-corrected chi connectivity index (χ3v) is 9.48. The zero-order chi connectivity index (χ0) is 26.1. The number of sulfonamides is 1. The largest absolute Gasteiger partial charge is 0.460 e. The van der Waals surface area contributed by atoms with Crippen molar-refractivity contribution < 1.29 is 27.2 Å². The van der Waals surface area contributed by atoms with E-state index in [0.717, 1.165) is 15.4 Å². The van der Waals surface area contributed by atoms with E-state index in [1.54, 1.807) is 18.2 Å². The summed E-state index contributed by atoms with van der Waals surface area (Å²) in [6.07, 6.45) is 3.56. The number of nitrogens with zero attached hydrogens (tertiary/aromatic N) is 1. The van der Waals surface area contributed by atoms with Crippen molar-refractivity contribution in [1.29, 1.82) is 0 Å². The van der Waals surface area contributed by atoms with Crippen molar-refractivity contribution in [3.63, 3.8) is 0 Å². The summed E-state index contributed by atoms with van der Waals surface area (Å²) in [6, 6.07) is 15.6. The number of allylic oxidation sites excluding steroid dienone is 1. The first-order valence-electron chi connectivity index (χ1n) is 12.2. The molecule has 1 amide bonds. The van der Waals surface area contributed by atoms with Crippen molar-refractivity contribution in [2.75, 3.05) is 6.54 Å². The van der Waals surface area contributed by atoms with Crippen molar-refractivity contribution in [2.45, 2.75) is 57.0 Å². The minimum Gasteiger partial charge on any atom is -0.460 e. The van der Waals surface area contributed by atoms with Crippen LogP contribution >= 0.6 is 0 Å².